The summed E-state index contributed by atoms with van der Waals surface area (Å²) in [6.45, 7) is 5.84. The summed E-state index contributed by atoms with van der Waals surface area (Å²) in [5.74, 6) is 5.72. The zero-order valence-electron chi connectivity index (χ0n) is 9.63. The molecule has 86 valence electrons. The molecule has 0 aromatic carbocycles. The lowest BCUT2D eigenvalue weighted by Gasteiger charge is -2.07. The second-order valence-corrected chi connectivity index (χ2v) is 3.30. The van der Waals surface area contributed by atoms with E-state index in [0.717, 1.165) is 19.3 Å². The van der Waals surface area contributed by atoms with Crippen LogP contribution in [0.4, 0.5) is 4.79 Å². The van der Waals surface area contributed by atoms with Crippen LogP contribution in [0.5, 0.6) is 0 Å². The topological polar surface area (TPSA) is 47.6 Å². The molecule has 4 nitrogen and oxygen atoms in total. The van der Waals surface area contributed by atoms with Gasteiger partial charge < -0.3 is 4.74 Å². The second-order valence-electron chi connectivity index (χ2n) is 3.30. The monoisotopic (exact) mass is 213 g/mol. The van der Waals surface area contributed by atoms with E-state index >= 15 is 0 Å². The van der Waals surface area contributed by atoms with Crippen molar-refractivity contribution in [1.29, 1.82) is 0 Å². The van der Waals surface area contributed by atoms with Crippen LogP contribution in [0.15, 0.2) is 0 Å². The van der Waals surface area contributed by atoms with Crippen molar-refractivity contribution < 1.29 is 14.4 Å². The molecule has 1 N–H and O–H groups in total. The van der Waals surface area contributed by atoms with Gasteiger partial charge in [-0.2, -0.15) is 5.48 Å². The average Bonchev–Trinajstić information content (AvgIpc) is 2.15. The third-order valence-electron chi connectivity index (χ3n) is 1.42. The molecule has 0 radical (unpaired) electrons. The van der Waals surface area contributed by atoms with Crippen LogP contribution < -0.4 is 5.48 Å². The Labute approximate surface area is 91.3 Å². The minimum Gasteiger partial charge on any atom is -0.445 e. The number of ether oxygens (including phenoxy) is 1. The number of hydroxylamine groups is 1. The standard InChI is InChI=1S/C11H19NO3/c1-4-5-6-7-8-9-14-12-11(13)15-10(2)3/h10H,4-6,9H2,1-3H3,(H,12,13). The highest BCUT2D eigenvalue weighted by Crippen LogP contribution is 1.90. The number of nitrogens with one attached hydrogen (secondary N) is 1. The van der Waals surface area contributed by atoms with Gasteiger partial charge in [-0.25, -0.2) is 4.79 Å². The lowest BCUT2D eigenvalue weighted by atomic mass is 10.2. The van der Waals surface area contributed by atoms with E-state index in [1.807, 2.05) is 0 Å². The molecular weight excluding hydrogens is 194 g/mol. The third-order valence-corrected chi connectivity index (χ3v) is 1.42. The largest absolute Gasteiger partial charge is 0.445 e. The average molecular weight is 213 g/mol. The van der Waals surface area contributed by atoms with Gasteiger partial charge in [0.25, 0.3) is 0 Å². The highest BCUT2D eigenvalue weighted by atomic mass is 16.7. The minimum absolute atomic E-state index is 0.149. The Balaban J connectivity index is 3.36. The first-order chi connectivity index (χ1) is 7.16. The molecule has 0 saturated carbocycles. The molecule has 0 heterocycles. The van der Waals surface area contributed by atoms with Gasteiger partial charge in [0.2, 0.25) is 0 Å². The molecule has 15 heavy (non-hydrogen) atoms. The van der Waals surface area contributed by atoms with Gasteiger partial charge in [-0.05, 0) is 20.3 Å². The molecule has 0 rings (SSSR count). The van der Waals surface area contributed by atoms with E-state index < -0.39 is 6.09 Å². The molecule has 0 fully saturated rings. The summed E-state index contributed by atoms with van der Waals surface area (Å²) in [4.78, 5) is 15.7. The van der Waals surface area contributed by atoms with E-state index in [2.05, 4.69) is 24.2 Å². The Bertz CT molecular complexity index is 228. The first-order valence-corrected chi connectivity index (χ1v) is 5.21. The summed E-state index contributed by atoms with van der Waals surface area (Å²) in [7, 11) is 0. The first-order valence-electron chi connectivity index (χ1n) is 5.21. The number of rotatable bonds is 5. The smallest absolute Gasteiger partial charge is 0.431 e. The van der Waals surface area contributed by atoms with Crippen molar-refractivity contribution in [2.45, 2.75) is 46.1 Å². The number of carbonyl (C=O) groups is 1. The van der Waals surface area contributed by atoms with E-state index in [4.69, 9.17) is 9.57 Å². The van der Waals surface area contributed by atoms with Gasteiger partial charge in [0.1, 0.15) is 6.61 Å². The summed E-state index contributed by atoms with van der Waals surface area (Å²) in [5.41, 5.74) is 2.14. The molecule has 0 saturated heterocycles. The molecular formula is C11H19NO3. The van der Waals surface area contributed by atoms with Crippen molar-refractivity contribution in [3.63, 3.8) is 0 Å². The Morgan fingerprint density at radius 3 is 2.73 bits per heavy atom. The van der Waals surface area contributed by atoms with Crippen LogP contribution >= 0.6 is 0 Å². The molecule has 0 bridgehead atoms. The number of carbonyl (C=O) groups excluding carboxylic acids is 1. The van der Waals surface area contributed by atoms with E-state index in [0.29, 0.717) is 0 Å². The van der Waals surface area contributed by atoms with Crippen LogP contribution in [0.25, 0.3) is 0 Å². The van der Waals surface area contributed by atoms with Gasteiger partial charge in [-0.3, -0.25) is 4.84 Å². The Hall–Kier alpha value is -1.21. The van der Waals surface area contributed by atoms with E-state index in [1.54, 1.807) is 13.8 Å². The van der Waals surface area contributed by atoms with Crippen LogP contribution in [-0.4, -0.2) is 18.8 Å². The predicted octanol–water partition coefficient (Wildman–Crippen LogP) is 2.25. The van der Waals surface area contributed by atoms with Crippen LogP contribution in [-0.2, 0) is 9.57 Å². The van der Waals surface area contributed by atoms with Crippen LogP contribution in [0.3, 0.4) is 0 Å². The molecule has 0 unspecified atom stereocenters. The zero-order chi connectivity index (χ0) is 11.5. The second kappa shape index (κ2) is 9.35. The van der Waals surface area contributed by atoms with Crippen molar-refractivity contribution in [2.75, 3.05) is 6.61 Å². The van der Waals surface area contributed by atoms with Crippen molar-refractivity contribution in [3.05, 3.63) is 0 Å². The normalized spacial score (nSPS) is 9.33. The number of hydrogen-bond acceptors (Lipinski definition) is 3. The fourth-order valence-electron chi connectivity index (χ4n) is 0.774. The summed E-state index contributed by atoms with van der Waals surface area (Å²) in [5, 5.41) is 0. The van der Waals surface area contributed by atoms with Crippen LogP contribution in [0.2, 0.25) is 0 Å². The van der Waals surface area contributed by atoms with Crippen LogP contribution in [0, 0.1) is 11.8 Å². The van der Waals surface area contributed by atoms with Crippen molar-refractivity contribution in [2.24, 2.45) is 0 Å². The number of unbranched alkanes of at least 4 members (excludes halogenated alkanes) is 2. The maximum atomic E-state index is 10.9. The summed E-state index contributed by atoms with van der Waals surface area (Å²) < 4.78 is 4.77. The summed E-state index contributed by atoms with van der Waals surface area (Å²) >= 11 is 0. The lowest BCUT2D eigenvalue weighted by Crippen LogP contribution is -2.27. The zero-order valence-corrected chi connectivity index (χ0v) is 9.63. The SMILES string of the molecule is CCCCC#CCONC(=O)OC(C)C. The van der Waals surface area contributed by atoms with E-state index in [1.165, 1.54) is 0 Å². The van der Waals surface area contributed by atoms with E-state index in [-0.39, 0.29) is 12.7 Å². The first kappa shape index (κ1) is 13.8. The van der Waals surface area contributed by atoms with Gasteiger partial charge >= 0.3 is 6.09 Å². The molecule has 4 heteroatoms. The molecule has 0 aromatic heterocycles. The Morgan fingerprint density at radius 2 is 2.13 bits per heavy atom. The highest BCUT2D eigenvalue weighted by molar-refractivity contribution is 5.65. The van der Waals surface area contributed by atoms with E-state index in [9.17, 15) is 4.79 Å². The highest BCUT2D eigenvalue weighted by Gasteiger charge is 2.02. The number of amides is 1. The number of hydrogen-bond donors (Lipinski definition) is 1. The van der Waals surface area contributed by atoms with Gasteiger partial charge in [-0.1, -0.05) is 19.3 Å². The summed E-state index contributed by atoms with van der Waals surface area (Å²) in [6, 6.07) is 0. The molecule has 0 aliphatic heterocycles. The molecule has 0 atom stereocenters. The fourth-order valence-corrected chi connectivity index (χ4v) is 0.774. The quantitative estimate of drug-likeness (QED) is 0.433. The molecule has 0 spiro atoms. The Kier molecular flexibility index (Phi) is 8.59. The maximum Gasteiger partial charge on any atom is 0.431 e. The molecule has 0 aromatic rings. The third kappa shape index (κ3) is 10.7. The molecule has 0 aliphatic carbocycles. The Morgan fingerprint density at radius 1 is 1.40 bits per heavy atom. The molecule has 1 amide bonds. The van der Waals surface area contributed by atoms with Gasteiger partial charge in [0, 0.05) is 6.42 Å². The van der Waals surface area contributed by atoms with Gasteiger partial charge in [0.05, 0.1) is 6.10 Å². The summed E-state index contributed by atoms with van der Waals surface area (Å²) in [6.07, 6.45) is 2.37. The lowest BCUT2D eigenvalue weighted by molar-refractivity contribution is 0.0317. The van der Waals surface area contributed by atoms with Crippen molar-refractivity contribution >= 4 is 6.09 Å². The maximum absolute atomic E-state index is 10.9. The fraction of sp³-hybridized carbons (Fsp3) is 0.727. The van der Waals surface area contributed by atoms with Crippen molar-refractivity contribution in [3.8, 4) is 11.8 Å². The minimum atomic E-state index is -0.583. The van der Waals surface area contributed by atoms with Gasteiger partial charge in [0.15, 0.2) is 0 Å². The van der Waals surface area contributed by atoms with Gasteiger partial charge in [-0.15, -0.1) is 5.92 Å². The van der Waals surface area contributed by atoms with Crippen molar-refractivity contribution in [1.82, 2.24) is 5.48 Å². The molecule has 0 aliphatic rings. The predicted molar refractivity (Wildman–Crippen MR) is 58.0 cm³/mol. The van der Waals surface area contributed by atoms with Crippen LogP contribution in [0.1, 0.15) is 40.0 Å².